The van der Waals surface area contributed by atoms with E-state index < -0.39 is 91.2 Å². The van der Waals surface area contributed by atoms with Gasteiger partial charge in [-0.15, -0.1) is 0 Å². The second-order valence-corrected chi connectivity index (χ2v) is 28.0. The third kappa shape index (κ3) is 12.2. The summed E-state index contributed by atoms with van der Waals surface area (Å²) in [5, 5.41) is 8.23. The summed E-state index contributed by atoms with van der Waals surface area (Å²) < 4.78 is 93.4. The number of urea groups is 1. The Morgan fingerprint density at radius 1 is 0.925 bits per heavy atom. The lowest BCUT2D eigenvalue weighted by Gasteiger charge is -2.34. The molecule has 0 spiro atoms. The van der Waals surface area contributed by atoms with Gasteiger partial charge < -0.3 is 31.5 Å². The highest BCUT2D eigenvalue weighted by Gasteiger charge is 2.50. The van der Waals surface area contributed by atoms with E-state index in [2.05, 4.69) is 39.3 Å². The molecule has 0 radical (unpaired) electrons. The maximum atomic E-state index is 16.9. The Morgan fingerprint density at radius 2 is 1.66 bits per heavy atom. The maximum Gasteiger partial charge on any atom is 0.323 e. The highest BCUT2D eigenvalue weighted by molar-refractivity contribution is 8.14. The van der Waals surface area contributed by atoms with Gasteiger partial charge in [0.15, 0.2) is 5.71 Å². The van der Waals surface area contributed by atoms with Gasteiger partial charge in [-0.3, -0.25) is 23.3 Å². The summed E-state index contributed by atoms with van der Waals surface area (Å²) in [6.45, 7) is 9.88. The molecule has 0 bridgehead atoms. The number of anilines is 2. The molecular weight excluding hydrogens is 1090 g/mol. The number of benzene rings is 4. The van der Waals surface area contributed by atoms with E-state index in [0.717, 1.165) is 37.8 Å². The predicted octanol–water partition coefficient (Wildman–Crippen LogP) is 9.72. The number of likely N-dealkylation sites (N-methyl/N-ethyl adjacent to an activating group) is 1. The molecule has 0 saturated carbocycles. The van der Waals surface area contributed by atoms with Crippen molar-refractivity contribution in [2.45, 2.75) is 106 Å². The Bertz CT molecular complexity index is 3650. The molecule has 5 amide bonds. The molecule has 22 heteroatoms. The highest BCUT2D eigenvalue weighted by Crippen LogP contribution is 2.49. The second-order valence-electron chi connectivity index (χ2n) is 22.1. The minimum Gasteiger partial charge on any atom is -0.353 e. The van der Waals surface area contributed by atoms with Crippen LogP contribution in [0.4, 0.5) is 35.4 Å². The zero-order chi connectivity index (χ0) is 58.4. The first-order valence-electron chi connectivity index (χ1n) is 26.2. The topological polar surface area (TPSA) is 236 Å². The SMILES string of the molecule is CCN1/C(=C/C=C/C=C/C2=[N+](CCCCCC(=O)NC[C@@]3(F)C[C@@H](C(=O)NCc4cccc(Cl)c4F)N(C(=O)Nc4cn(C(N)=O)c5ccccc45)C3)c3ccc(S(=O)(=O)O)cc3C2(C)C)C(C)(C)c2cc(S(C)(C)(=O)O)ccc21. The standard InChI is InChI=1S/C58H67ClF2N8O9S2/c1-8-66-46-28-26-39(80(6,7,77)78)31-42(46)57(4,5)49(66)22-11-9-12-23-50-56(2,3)41-30-38(79(74,75)76)25-27-47(41)67(50)29-16-10-13-24-51(70)64-35-58(61)32-48(53(71)63-33-37-18-17-20-43(59)52(37)60)69(36-58)55(73)65-44-34-68(54(62)72)45-21-15-14-19-40(44)45/h9,11-12,14-15,17-23,25-28,30-31,34,48H,8,10,13,16,24,29,32-33,35-36H2,1-7H3,(H6-,62,63,64,65,70,71,72,73,74,75,76,77,78)/p+1/t48-,58-/m0/s1. The molecule has 1 aromatic heterocycles. The molecule has 4 aromatic carbocycles. The molecule has 4 heterocycles. The van der Waals surface area contributed by atoms with Crippen LogP contribution in [-0.4, -0.2) is 116 Å². The van der Waals surface area contributed by atoms with Gasteiger partial charge in [0.1, 0.15) is 24.1 Å². The number of unbranched alkanes of at least 4 members (excludes halogenated alkanes) is 2. The fourth-order valence-corrected chi connectivity index (χ4v) is 12.6. The third-order valence-corrected chi connectivity index (χ3v) is 18.0. The van der Waals surface area contributed by atoms with Crippen molar-refractivity contribution < 1.29 is 54.3 Å². The number of hydrogen-bond acceptors (Lipinski definition) is 8. The van der Waals surface area contributed by atoms with Crippen molar-refractivity contribution in [3.63, 3.8) is 0 Å². The molecule has 3 aliphatic heterocycles. The van der Waals surface area contributed by atoms with Crippen LogP contribution in [0.2, 0.25) is 5.02 Å². The van der Waals surface area contributed by atoms with Crippen LogP contribution in [0, 0.1) is 5.82 Å². The van der Waals surface area contributed by atoms with Crippen molar-refractivity contribution in [1.29, 1.82) is 0 Å². The minimum atomic E-state index is -4.51. The van der Waals surface area contributed by atoms with Gasteiger partial charge in [-0.05, 0) is 87.7 Å². The molecule has 0 unspecified atom stereocenters. The number of nitrogens with one attached hydrogen (secondary N) is 3. The molecule has 7 N–H and O–H groups in total. The largest absolute Gasteiger partial charge is 0.353 e. The van der Waals surface area contributed by atoms with Crippen molar-refractivity contribution in [3.8, 4) is 0 Å². The van der Waals surface area contributed by atoms with Crippen LogP contribution >= 0.6 is 11.6 Å². The number of amides is 5. The average Bonchev–Trinajstić information content (AvgIpc) is 4.23. The zero-order valence-corrected chi connectivity index (χ0v) is 48.1. The molecule has 5 aromatic rings. The number of carbonyl (C=O) groups is 4. The molecule has 17 nitrogen and oxygen atoms in total. The lowest BCUT2D eigenvalue weighted by molar-refractivity contribution is -0.438. The molecule has 1 saturated heterocycles. The second kappa shape index (κ2) is 22.1. The maximum absolute atomic E-state index is 16.9. The first-order chi connectivity index (χ1) is 37.4. The molecule has 426 valence electrons. The van der Waals surface area contributed by atoms with E-state index in [4.69, 9.17) is 17.3 Å². The molecule has 8 rings (SSSR count). The lowest BCUT2D eigenvalue weighted by atomic mass is 9.81. The number of para-hydroxylation sites is 1. The van der Waals surface area contributed by atoms with Crippen LogP contribution in [0.5, 0.6) is 0 Å². The molecule has 2 atom stereocenters. The monoisotopic (exact) mass is 1160 g/mol. The fourth-order valence-electron chi connectivity index (χ4n) is 11.0. The van der Waals surface area contributed by atoms with E-state index >= 15 is 4.39 Å². The third-order valence-electron chi connectivity index (χ3n) is 15.3. The van der Waals surface area contributed by atoms with Crippen molar-refractivity contribution in [1.82, 2.24) is 20.1 Å². The number of likely N-dealkylation sites (tertiary alicyclic amines) is 1. The van der Waals surface area contributed by atoms with Crippen LogP contribution < -0.4 is 26.6 Å². The molecule has 0 aliphatic carbocycles. The van der Waals surface area contributed by atoms with E-state index in [-0.39, 0.29) is 34.1 Å². The van der Waals surface area contributed by atoms with Gasteiger partial charge in [-0.25, -0.2) is 22.6 Å². The normalized spacial score (nSPS) is 19.7. The number of primary amides is 1. The molecule has 80 heavy (non-hydrogen) atoms. The molecule has 1 fully saturated rings. The number of halogens is 3. The van der Waals surface area contributed by atoms with Crippen molar-refractivity contribution in [3.05, 3.63) is 149 Å². The number of fused-ring (bicyclic) bond motifs is 3. The van der Waals surface area contributed by atoms with E-state index in [0.29, 0.717) is 53.7 Å². The highest BCUT2D eigenvalue weighted by atomic mass is 35.5. The van der Waals surface area contributed by atoms with E-state index in [9.17, 15) is 45.3 Å². The summed E-state index contributed by atoms with van der Waals surface area (Å²) in [7, 11) is -8.50. The zero-order valence-electron chi connectivity index (χ0n) is 45.7. The van der Waals surface area contributed by atoms with Gasteiger partial charge in [-0.2, -0.15) is 22.3 Å². The van der Waals surface area contributed by atoms with E-state index in [1.165, 1.54) is 49.0 Å². The van der Waals surface area contributed by atoms with Crippen LogP contribution in [0.3, 0.4) is 0 Å². The Morgan fingerprint density at radius 3 is 2.36 bits per heavy atom. The number of nitrogens with zero attached hydrogens (tertiary/aromatic N) is 4. The van der Waals surface area contributed by atoms with Gasteiger partial charge >= 0.3 is 12.1 Å². The molecular formula is C58H68ClF2N8O9S2+. The number of nitrogens with two attached hydrogens (primary N) is 1. The quantitative estimate of drug-likeness (QED) is 0.0210. The number of allylic oxidation sites excluding steroid dienone is 6. The van der Waals surface area contributed by atoms with Gasteiger partial charge in [-0.1, -0.05) is 74.0 Å². The van der Waals surface area contributed by atoms with Crippen molar-refractivity contribution in [2.75, 3.05) is 48.9 Å². The molecule has 3 aliphatic rings. The number of aromatic nitrogens is 1. The number of rotatable bonds is 18. The van der Waals surface area contributed by atoms with Crippen LogP contribution in [0.25, 0.3) is 10.9 Å². The first kappa shape index (κ1) is 59.1. The van der Waals surface area contributed by atoms with Crippen LogP contribution in [-0.2, 0) is 46.4 Å². The van der Waals surface area contributed by atoms with Crippen LogP contribution in [0.1, 0.15) is 83.4 Å². The lowest BCUT2D eigenvalue weighted by Crippen LogP contribution is -2.47. The Hall–Kier alpha value is -7.04. The summed E-state index contributed by atoms with van der Waals surface area (Å²) in [4.78, 5) is 56.6. The Labute approximate surface area is 469 Å². The minimum absolute atomic E-state index is 0.0358. The smallest absolute Gasteiger partial charge is 0.323 e. The summed E-state index contributed by atoms with van der Waals surface area (Å²) in [5.41, 5.74) is 8.03. The number of hydrogen-bond donors (Lipinski definition) is 6. The van der Waals surface area contributed by atoms with E-state index in [1.807, 2.05) is 63.3 Å². The first-order valence-corrected chi connectivity index (χ1v) is 30.7. The van der Waals surface area contributed by atoms with Crippen LogP contribution in [0.15, 0.2) is 131 Å². The average molecular weight is 1160 g/mol. The Balaban J connectivity index is 0.929. The predicted molar refractivity (Wildman–Crippen MR) is 308 cm³/mol. The summed E-state index contributed by atoms with van der Waals surface area (Å²) >= 11 is 5.95. The van der Waals surface area contributed by atoms with Gasteiger partial charge in [0.2, 0.25) is 17.5 Å². The number of carbonyl (C=O) groups excluding carboxylic acids is 4. The Kier molecular flexibility index (Phi) is 16.3. The van der Waals surface area contributed by atoms with Gasteiger partial charge in [0.05, 0.1) is 44.5 Å². The summed E-state index contributed by atoms with van der Waals surface area (Å²) in [5.74, 6) is -1.97. The van der Waals surface area contributed by atoms with E-state index in [1.54, 1.807) is 36.4 Å². The summed E-state index contributed by atoms with van der Waals surface area (Å²) in [6.07, 6.45) is 14.9. The number of alkyl halides is 1. The van der Waals surface area contributed by atoms with Gasteiger partial charge in [0.25, 0.3) is 10.1 Å². The van der Waals surface area contributed by atoms with Crippen molar-refractivity contribution in [2.24, 2.45) is 5.73 Å². The fraction of sp³-hybridized carbons (Fsp3) is 0.362. The summed E-state index contributed by atoms with van der Waals surface area (Å²) in [6, 6.07) is 17.8. The van der Waals surface area contributed by atoms with Crippen molar-refractivity contribution >= 4 is 88.6 Å². The van der Waals surface area contributed by atoms with Gasteiger partial charge in [0, 0.05) is 96.5 Å².